The molecule has 2 heterocycles. The molecule has 0 N–H and O–H groups in total. The molecule has 136 valence electrons. The number of para-hydroxylation sites is 1. The zero-order valence-electron chi connectivity index (χ0n) is 15.7. The van der Waals surface area contributed by atoms with Crippen LogP contribution in [0.15, 0.2) is 41.3 Å². The molecule has 0 aliphatic heterocycles. The summed E-state index contributed by atoms with van der Waals surface area (Å²) >= 11 is 0. The molecule has 26 heavy (non-hydrogen) atoms. The molecule has 0 fully saturated rings. The maximum absolute atomic E-state index is 13.0. The van der Waals surface area contributed by atoms with E-state index in [1.54, 1.807) is 17.9 Å². The molecule has 2 aromatic heterocycles. The minimum absolute atomic E-state index is 0.129. The Morgan fingerprint density at radius 2 is 1.85 bits per heavy atom. The lowest BCUT2D eigenvalue weighted by molar-refractivity contribution is -0.119. The van der Waals surface area contributed by atoms with Gasteiger partial charge < -0.3 is 4.90 Å². The van der Waals surface area contributed by atoms with Crippen molar-refractivity contribution in [2.45, 2.75) is 39.8 Å². The van der Waals surface area contributed by atoms with Crippen LogP contribution in [0.25, 0.3) is 10.9 Å². The van der Waals surface area contributed by atoms with Crippen LogP contribution in [0, 0.1) is 6.92 Å². The second-order valence-electron chi connectivity index (χ2n) is 7.33. The van der Waals surface area contributed by atoms with E-state index in [4.69, 9.17) is 0 Å². The van der Waals surface area contributed by atoms with Crippen molar-refractivity contribution in [2.24, 2.45) is 0 Å². The van der Waals surface area contributed by atoms with E-state index in [1.807, 2.05) is 58.0 Å². The van der Waals surface area contributed by atoms with Gasteiger partial charge in [0, 0.05) is 18.1 Å². The van der Waals surface area contributed by atoms with Gasteiger partial charge in [-0.15, -0.1) is 0 Å². The standard InChI is InChI=1S/C19H23N5O2/c1-13-15-11-20-24(19(2,3)4)17(15)18(26)23(21-13)12-16(25)22(5)14-9-7-6-8-10-14/h6-11H,12H2,1-5H3. The summed E-state index contributed by atoms with van der Waals surface area (Å²) in [5.41, 5.74) is 1.25. The van der Waals surface area contributed by atoms with Crippen LogP contribution in [0.4, 0.5) is 5.69 Å². The van der Waals surface area contributed by atoms with Gasteiger partial charge in [0.1, 0.15) is 12.1 Å². The van der Waals surface area contributed by atoms with Crippen molar-refractivity contribution in [1.29, 1.82) is 0 Å². The molecule has 0 unspecified atom stereocenters. The van der Waals surface area contributed by atoms with E-state index in [-0.39, 0.29) is 23.6 Å². The second-order valence-corrected chi connectivity index (χ2v) is 7.33. The van der Waals surface area contributed by atoms with Crippen molar-refractivity contribution in [2.75, 3.05) is 11.9 Å². The van der Waals surface area contributed by atoms with E-state index in [2.05, 4.69) is 10.2 Å². The van der Waals surface area contributed by atoms with Gasteiger partial charge >= 0.3 is 0 Å². The summed E-state index contributed by atoms with van der Waals surface area (Å²) in [4.78, 5) is 27.1. The summed E-state index contributed by atoms with van der Waals surface area (Å²) in [7, 11) is 1.69. The van der Waals surface area contributed by atoms with Gasteiger partial charge in [0.25, 0.3) is 5.56 Å². The number of aromatic nitrogens is 4. The van der Waals surface area contributed by atoms with Crippen LogP contribution in [-0.2, 0) is 16.9 Å². The monoisotopic (exact) mass is 353 g/mol. The highest BCUT2D eigenvalue weighted by molar-refractivity contribution is 5.92. The van der Waals surface area contributed by atoms with Gasteiger partial charge in [-0.1, -0.05) is 18.2 Å². The molecule has 0 radical (unpaired) electrons. The van der Waals surface area contributed by atoms with Crippen LogP contribution < -0.4 is 10.5 Å². The van der Waals surface area contributed by atoms with Gasteiger partial charge in [-0.2, -0.15) is 10.2 Å². The molecule has 1 amide bonds. The number of benzene rings is 1. The fourth-order valence-corrected chi connectivity index (χ4v) is 2.87. The summed E-state index contributed by atoms with van der Waals surface area (Å²) < 4.78 is 2.92. The molecule has 0 saturated carbocycles. The maximum Gasteiger partial charge on any atom is 0.293 e. The summed E-state index contributed by atoms with van der Waals surface area (Å²) in [6, 6.07) is 9.30. The van der Waals surface area contributed by atoms with Crippen molar-refractivity contribution in [3.63, 3.8) is 0 Å². The van der Waals surface area contributed by atoms with Crippen LogP contribution in [-0.4, -0.2) is 32.5 Å². The molecule has 3 rings (SSSR count). The molecular formula is C19H23N5O2. The number of carbonyl (C=O) groups excluding carboxylic acids is 1. The average molecular weight is 353 g/mol. The quantitative estimate of drug-likeness (QED) is 0.724. The van der Waals surface area contributed by atoms with E-state index in [1.165, 1.54) is 9.58 Å². The first-order chi connectivity index (χ1) is 12.2. The minimum atomic E-state index is -0.350. The molecular weight excluding hydrogens is 330 g/mol. The largest absolute Gasteiger partial charge is 0.314 e. The number of hydrogen-bond acceptors (Lipinski definition) is 4. The first kappa shape index (κ1) is 17.8. The Balaban J connectivity index is 2.02. The number of carbonyl (C=O) groups is 1. The highest BCUT2D eigenvalue weighted by atomic mass is 16.2. The van der Waals surface area contributed by atoms with Crippen molar-refractivity contribution in [3.05, 3.63) is 52.6 Å². The van der Waals surface area contributed by atoms with E-state index >= 15 is 0 Å². The van der Waals surface area contributed by atoms with Crippen LogP contribution in [0.3, 0.4) is 0 Å². The zero-order valence-corrected chi connectivity index (χ0v) is 15.7. The van der Waals surface area contributed by atoms with Gasteiger partial charge in [0.15, 0.2) is 0 Å². The molecule has 0 bridgehead atoms. The summed E-state index contributed by atoms with van der Waals surface area (Å²) in [5, 5.41) is 9.39. The highest BCUT2D eigenvalue weighted by Crippen LogP contribution is 2.20. The SMILES string of the molecule is Cc1nn(CC(=O)N(C)c2ccccc2)c(=O)c2c1cnn2C(C)(C)C. The zero-order chi connectivity index (χ0) is 19.1. The maximum atomic E-state index is 13.0. The summed E-state index contributed by atoms with van der Waals surface area (Å²) in [6.45, 7) is 7.63. The third kappa shape index (κ3) is 3.12. The topological polar surface area (TPSA) is 73.0 Å². The number of hydrogen-bond donors (Lipinski definition) is 0. The van der Waals surface area contributed by atoms with Gasteiger partial charge in [0.2, 0.25) is 5.91 Å². The van der Waals surface area contributed by atoms with Crippen LogP contribution >= 0.6 is 0 Å². The smallest absolute Gasteiger partial charge is 0.293 e. The Labute approximate surface area is 151 Å². The van der Waals surface area contributed by atoms with E-state index in [9.17, 15) is 9.59 Å². The second kappa shape index (κ2) is 6.40. The van der Waals surface area contributed by atoms with Gasteiger partial charge in [0.05, 0.1) is 17.4 Å². The van der Waals surface area contributed by atoms with Crippen molar-refractivity contribution in [1.82, 2.24) is 19.6 Å². The molecule has 0 saturated heterocycles. The third-order valence-electron chi connectivity index (χ3n) is 4.30. The molecule has 3 aromatic rings. The van der Waals surface area contributed by atoms with Crippen molar-refractivity contribution < 1.29 is 4.79 Å². The van der Waals surface area contributed by atoms with E-state index in [0.717, 1.165) is 5.69 Å². The Hall–Kier alpha value is -2.96. The Morgan fingerprint density at radius 3 is 2.46 bits per heavy atom. The third-order valence-corrected chi connectivity index (χ3v) is 4.30. The lowest BCUT2D eigenvalue weighted by Gasteiger charge is -2.21. The average Bonchev–Trinajstić information content (AvgIpc) is 3.05. The Kier molecular flexibility index (Phi) is 4.39. The Bertz CT molecular complexity index is 1010. The van der Waals surface area contributed by atoms with Crippen LogP contribution in [0.2, 0.25) is 0 Å². The molecule has 0 aliphatic rings. The lowest BCUT2D eigenvalue weighted by atomic mass is 10.1. The summed E-state index contributed by atoms with van der Waals surface area (Å²) in [6.07, 6.45) is 1.66. The van der Waals surface area contributed by atoms with Crippen molar-refractivity contribution >= 4 is 22.5 Å². The number of fused-ring (bicyclic) bond motifs is 1. The number of amides is 1. The number of aryl methyl sites for hydroxylation is 1. The van der Waals surface area contributed by atoms with Crippen LogP contribution in [0.5, 0.6) is 0 Å². The van der Waals surface area contributed by atoms with Gasteiger partial charge in [-0.3, -0.25) is 14.3 Å². The molecule has 7 heteroatoms. The normalized spacial score (nSPS) is 11.7. The number of rotatable bonds is 3. The van der Waals surface area contributed by atoms with E-state index < -0.39 is 0 Å². The fraction of sp³-hybridized carbons (Fsp3) is 0.368. The number of nitrogens with zero attached hydrogens (tertiary/aromatic N) is 5. The number of likely N-dealkylation sites (N-methyl/N-ethyl adjacent to an activating group) is 1. The molecule has 0 atom stereocenters. The van der Waals surface area contributed by atoms with Crippen LogP contribution in [0.1, 0.15) is 26.5 Å². The van der Waals surface area contributed by atoms with Gasteiger partial charge in [-0.05, 0) is 39.8 Å². The first-order valence-electron chi connectivity index (χ1n) is 8.47. The number of anilines is 1. The summed E-state index contributed by atoms with van der Waals surface area (Å²) in [5.74, 6) is -0.216. The van der Waals surface area contributed by atoms with Gasteiger partial charge in [-0.25, -0.2) is 4.68 Å². The Morgan fingerprint density at radius 1 is 1.19 bits per heavy atom. The first-order valence-corrected chi connectivity index (χ1v) is 8.47. The molecule has 0 aliphatic carbocycles. The fourth-order valence-electron chi connectivity index (χ4n) is 2.87. The highest BCUT2D eigenvalue weighted by Gasteiger charge is 2.23. The predicted molar refractivity (Wildman–Crippen MR) is 101 cm³/mol. The molecule has 0 spiro atoms. The predicted octanol–water partition coefficient (Wildman–Crippen LogP) is 2.32. The van der Waals surface area contributed by atoms with Crippen molar-refractivity contribution in [3.8, 4) is 0 Å². The molecule has 1 aromatic carbocycles. The van der Waals surface area contributed by atoms with E-state index in [0.29, 0.717) is 16.6 Å². The minimum Gasteiger partial charge on any atom is -0.314 e. The lowest BCUT2D eigenvalue weighted by Crippen LogP contribution is -2.36. The molecule has 7 nitrogen and oxygen atoms in total.